The Morgan fingerprint density at radius 3 is 2.27 bits per heavy atom. The largest absolute Gasteiger partial charge is 0.497 e. The van der Waals surface area contributed by atoms with Gasteiger partial charge in [-0.3, -0.25) is 4.79 Å². The zero-order valence-electron chi connectivity index (χ0n) is 15.4. The minimum atomic E-state index is 0.141. The van der Waals surface area contributed by atoms with Crippen molar-refractivity contribution in [2.24, 2.45) is 5.92 Å². The van der Waals surface area contributed by atoms with Crippen molar-refractivity contribution in [2.75, 3.05) is 24.9 Å². The number of benzene rings is 2. The van der Waals surface area contributed by atoms with Gasteiger partial charge >= 0.3 is 0 Å². The lowest BCUT2D eigenvalue weighted by atomic mass is 9.88. The molecular weight excluding hydrogens is 328 g/mol. The van der Waals surface area contributed by atoms with Crippen molar-refractivity contribution in [1.29, 1.82) is 0 Å². The van der Waals surface area contributed by atoms with Crippen LogP contribution in [0.4, 0.5) is 17.1 Å². The van der Waals surface area contributed by atoms with E-state index in [1.807, 2.05) is 42.5 Å². The van der Waals surface area contributed by atoms with Gasteiger partial charge in [-0.05, 0) is 49.2 Å². The topological polar surface area (TPSA) is 59.6 Å². The highest BCUT2D eigenvalue weighted by molar-refractivity contribution is 5.92. The second-order valence-electron chi connectivity index (χ2n) is 6.59. The Balaban J connectivity index is 1.63. The molecule has 2 aromatic carbocycles. The maximum Gasteiger partial charge on any atom is 0.227 e. The predicted octanol–water partition coefficient (Wildman–Crippen LogP) is 4.97. The zero-order chi connectivity index (χ0) is 18.4. The Bertz CT molecular complexity index is 737. The van der Waals surface area contributed by atoms with E-state index < -0.39 is 0 Å². The van der Waals surface area contributed by atoms with Gasteiger partial charge in [-0.25, -0.2) is 0 Å². The quantitative estimate of drug-likeness (QED) is 0.769. The van der Waals surface area contributed by atoms with Crippen LogP contribution in [-0.2, 0) is 4.79 Å². The van der Waals surface area contributed by atoms with Gasteiger partial charge in [-0.1, -0.05) is 19.3 Å². The van der Waals surface area contributed by atoms with E-state index in [0.29, 0.717) is 5.75 Å². The third-order valence-electron chi connectivity index (χ3n) is 4.82. The first-order chi connectivity index (χ1) is 12.7. The number of carbonyl (C=O) groups is 1. The van der Waals surface area contributed by atoms with Gasteiger partial charge < -0.3 is 20.1 Å². The van der Waals surface area contributed by atoms with Crippen molar-refractivity contribution < 1.29 is 14.3 Å². The summed E-state index contributed by atoms with van der Waals surface area (Å²) in [5, 5.41) is 6.36. The van der Waals surface area contributed by atoms with Gasteiger partial charge in [0.2, 0.25) is 5.91 Å². The van der Waals surface area contributed by atoms with Gasteiger partial charge in [-0.15, -0.1) is 0 Å². The molecule has 1 fully saturated rings. The maximum atomic E-state index is 12.3. The van der Waals surface area contributed by atoms with Gasteiger partial charge in [0.15, 0.2) is 0 Å². The lowest BCUT2D eigenvalue weighted by molar-refractivity contribution is -0.120. The van der Waals surface area contributed by atoms with Crippen LogP contribution in [0.1, 0.15) is 32.1 Å². The summed E-state index contributed by atoms with van der Waals surface area (Å²) in [6, 6.07) is 13.3. The van der Waals surface area contributed by atoms with Crippen molar-refractivity contribution in [3.63, 3.8) is 0 Å². The lowest BCUT2D eigenvalue weighted by Crippen LogP contribution is -2.24. The minimum absolute atomic E-state index is 0.141. The fourth-order valence-corrected chi connectivity index (χ4v) is 3.30. The van der Waals surface area contributed by atoms with Crippen molar-refractivity contribution >= 4 is 23.0 Å². The van der Waals surface area contributed by atoms with Crippen molar-refractivity contribution in [3.8, 4) is 11.5 Å². The molecule has 26 heavy (non-hydrogen) atoms. The molecule has 1 saturated carbocycles. The number of nitrogens with one attached hydrogen (secondary N) is 2. The SMILES string of the molecule is COc1ccc(Nc2ccc(NC(=O)C3CCCCC3)cc2)c(OC)c1. The maximum absolute atomic E-state index is 12.3. The molecule has 138 valence electrons. The Labute approximate surface area is 154 Å². The van der Waals surface area contributed by atoms with Gasteiger partial charge in [0.05, 0.1) is 19.9 Å². The first-order valence-corrected chi connectivity index (χ1v) is 9.09. The number of rotatable bonds is 6. The van der Waals surface area contributed by atoms with Crippen LogP contribution in [0.5, 0.6) is 11.5 Å². The first-order valence-electron chi connectivity index (χ1n) is 9.09. The average Bonchev–Trinajstić information content (AvgIpc) is 2.70. The molecule has 0 radical (unpaired) electrons. The van der Waals surface area contributed by atoms with Gasteiger partial charge in [-0.2, -0.15) is 0 Å². The average molecular weight is 354 g/mol. The summed E-state index contributed by atoms with van der Waals surface area (Å²) in [5.74, 6) is 1.75. The molecule has 1 aliphatic rings. The molecule has 0 aliphatic heterocycles. The molecule has 3 rings (SSSR count). The molecule has 0 spiro atoms. The summed E-state index contributed by atoms with van der Waals surface area (Å²) < 4.78 is 10.6. The highest BCUT2D eigenvalue weighted by atomic mass is 16.5. The van der Waals surface area contributed by atoms with Gasteiger partial charge in [0.25, 0.3) is 0 Å². The summed E-state index contributed by atoms with van der Waals surface area (Å²) >= 11 is 0. The third-order valence-corrected chi connectivity index (χ3v) is 4.82. The summed E-state index contributed by atoms with van der Waals surface area (Å²) in [4.78, 5) is 12.3. The summed E-state index contributed by atoms with van der Waals surface area (Å²) in [6.45, 7) is 0. The number of methoxy groups -OCH3 is 2. The summed E-state index contributed by atoms with van der Waals surface area (Å²) in [5.41, 5.74) is 2.60. The van der Waals surface area contributed by atoms with Gasteiger partial charge in [0.1, 0.15) is 11.5 Å². The predicted molar refractivity (Wildman–Crippen MR) is 104 cm³/mol. The van der Waals surface area contributed by atoms with Crippen LogP contribution >= 0.6 is 0 Å². The molecular formula is C21H26N2O3. The van der Waals surface area contributed by atoms with Gasteiger partial charge in [0, 0.05) is 23.4 Å². The number of carbonyl (C=O) groups excluding carboxylic acids is 1. The number of hydrogen-bond donors (Lipinski definition) is 2. The molecule has 5 nitrogen and oxygen atoms in total. The number of hydrogen-bond acceptors (Lipinski definition) is 4. The molecule has 0 aromatic heterocycles. The Morgan fingerprint density at radius 2 is 1.62 bits per heavy atom. The molecule has 1 aliphatic carbocycles. The fourth-order valence-electron chi connectivity index (χ4n) is 3.30. The van der Waals surface area contributed by atoms with E-state index in [1.165, 1.54) is 6.42 Å². The van der Waals surface area contributed by atoms with E-state index >= 15 is 0 Å². The van der Waals surface area contributed by atoms with Crippen LogP contribution in [-0.4, -0.2) is 20.1 Å². The van der Waals surface area contributed by atoms with E-state index in [1.54, 1.807) is 14.2 Å². The van der Waals surface area contributed by atoms with Crippen LogP contribution in [0.15, 0.2) is 42.5 Å². The summed E-state index contributed by atoms with van der Waals surface area (Å²) in [6.07, 6.45) is 5.57. The molecule has 2 aromatic rings. The molecule has 1 amide bonds. The number of ether oxygens (including phenoxy) is 2. The standard InChI is InChI=1S/C21H26N2O3/c1-25-18-12-13-19(20(14-18)26-2)22-16-8-10-17(11-9-16)23-21(24)15-6-4-3-5-7-15/h8-15,22H,3-7H2,1-2H3,(H,23,24). The Hall–Kier alpha value is -2.69. The molecule has 0 unspecified atom stereocenters. The Kier molecular flexibility index (Phi) is 6.00. The highest BCUT2D eigenvalue weighted by Crippen LogP contribution is 2.32. The molecule has 0 bridgehead atoms. The monoisotopic (exact) mass is 354 g/mol. The molecule has 0 saturated heterocycles. The van der Waals surface area contributed by atoms with Crippen molar-refractivity contribution in [3.05, 3.63) is 42.5 Å². The summed E-state index contributed by atoms with van der Waals surface area (Å²) in [7, 11) is 3.26. The van der Waals surface area contributed by atoms with Crippen LogP contribution in [0.3, 0.4) is 0 Å². The molecule has 5 heteroatoms. The van der Waals surface area contributed by atoms with E-state index in [9.17, 15) is 4.79 Å². The van der Waals surface area contributed by atoms with Crippen molar-refractivity contribution in [1.82, 2.24) is 0 Å². The Morgan fingerprint density at radius 1 is 0.923 bits per heavy atom. The van der Waals surface area contributed by atoms with Crippen LogP contribution in [0.2, 0.25) is 0 Å². The van der Waals surface area contributed by atoms with E-state index in [2.05, 4.69) is 10.6 Å². The number of amides is 1. The minimum Gasteiger partial charge on any atom is -0.497 e. The first kappa shape index (κ1) is 18.1. The van der Waals surface area contributed by atoms with Crippen LogP contribution in [0.25, 0.3) is 0 Å². The second-order valence-corrected chi connectivity index (χ2v) is 6.59. The van der Waals surface area contributed by atoms with E-state index in [-0.39, 0.29) is 11.8 Å². The fraction of sp³-hybridized carbons (Fsp3) is 0.381. The van der Waals surface area contributed by atoms with Crippen LogP contribution in [0, 0.1) is 5.92 Å². The van der Waals surface area contributed by atoms with Crippen LogP contribution < -0.4 is 20.1 Å². The van der Waals surface area contributed by atoms with E-state index in [4.69, 9.17) is 9.47 Å². The molecule has 2 N–H and O–H groups in total. The second kappa shape index (κ2) is 8.61. The van der Waals surface area contributed by atoms with E-state index in [0.717, 1.165) is 48.5 Å². The molecule has 0 heterocycles. The smallest absolute Gasteiger partial charge is 0.227 e. The number of anilines is 3. The van der Waals surface area contributed by atoms with Crippen molar-refractivity contribution in [2.45, 2.75) is 32.1 Å². The lowest BCUT2D eigenvalue weighted by Gasteiger charge is -2.20. The molecule has 0 atom stereocenters. The normalized spacial score (nSPS) is 14.5. The zero-order valence-corrected chi connectivity index (χ0v) is 15.4. The third kappa shape index (κ3) is 4.48. The highest BCUT2D eigenvalue weighted by Gasteiger charge is 2.20.